The van der Waals surface area contributed by atoms with Crippen LogP contribution in [0.5, 0.6) is 0 Å². The van der Waals surface area contributed by atoms with Gasteiger partial charge in [-0.3, -0.25) is 4.90 Å². The Bertz CT molecular complexity index is 726. The van der Waals surface area contributed by atoms with Crippen LogP contribution in [0, 0.1) is 0 Å². The van der Waals surface area contributed by atoms with Crippen LogP contribution < -0.4 is 4.90 Å². The Morgan fingerprint density at radius 1 is 0.929 bits per heavy atom. The van der Waals surface area contributed by atoms with E-state index in [4.69, 9.17) is 0 Å². The highest BCUT2D eigenvalue weighted by Gasteiger charge is 2.26. The van der Waals surface area contributed by atoms with Gasteiger partial charge in [-0.1, -0.05) is 49.4 Å². The SMILES string of the molecule is CCN(CCN1CCCCC1)C(C)CN1c2ccccc2Sc2ccccc21. The Morgan fingerprint density at radius 3 is 2.14 bits per heavy atom. The van der Waals surface area contributed by atoms with Gasteiger partial charge in [0, 0.05) is 35.5 Å². The molecule has 1 saturated heterocycles. The smallest absolute Gasteiger partial charge is 0.0553 e. The number of hydrogen-bond acceptors (Lipinski definition) is 4. The van der Waals surface area contributed by atoms with Crippen LogP contribution in [-0.2, 0) is 0 Å². The lowest BCUT2D eigenvalue weighted by molar-refractivity contribution is 0.161. The van der Waals surface area contributed by atoms with Gasteiger partial charge in [0.15, 0.2) is 0 Å². The topological polar surface area (TPSA) is 9.72 Å². The maximum absolute atomic E-state index is 2.65. The first-order valence-corrected chi connectivity index (χ1v) is 11.7. The van der Waals surface area contributed by atoms with Gasteiger partial charge in [0.2, 0.25) is 0 Å². The molecule has 0 saturated carbocycles. The average molecular weight is 396 g/mol. The van der Waals surface area contributed by atoms with Gasteiger partial charge in [-0.05, 0) is 63.7 Å². The molecule has 0 aromatic heterocycles. The van der Waals surface area contributed by atoms with Crippen molar-refractivity contribution in [3.05, 3.63) is 48.5 Å². The van der Waals surface area contributed by atoms with E-state index in [0.29, 0.717) is 6.04 Å². The number of rotatable bonds is 7. The molecule has 2 aliphatic heterocycles. The van der Waals surface area contributed by atoms with Gasteiger partial charge in [0.1, 0.15) is 0 Å². The first kappa shape index (κ1) is 19.8. The first-order valence-electron chi connectivity index (χ1n) is 10.9. The molecule has 2 heterocycles. The fraction of sp³-hybridized carbons (Fsp3) is 0.500. The van der Waals surface area contributed by atoms with E-state index in [1.54, 1.807) is 0 Å². The standard InChI is InChI=1S/C24H33N3S/c1-3-26(18-17-25-15-9-4-10-16-25)20(2)19-27-21-11-5-7-13-23(21)28-24-14-8-6-12-22(24)27/h5-8,11-14,20H,3-4,9-10,15-19H2,1-2H3. The van der Waals surface area contributed by atoms with E-state index in [1.165, 1.54) is 66.6 Å². The van der Waals surface area contributed by atoms with Gasteiger partial charge in [-0.2, -0.15) is 0 Å². The van der Waals surface area contributed by atoms with Crippen molar-refractivity contribution in [2.24, 2.45) is 0 Å². The fourth-order valence-electron chi connectivity index (χ4n) is 4.50. The van der Waals surface area contributed by atoms with Crippen LogP contribution in [0.3, 0.4) is 0 Å². The second-order valence-electron chi connectivity index (χ2n) is 8.03. The summed E-state index contributed by atoms with van der Waals surface area (Å²) in [6, 6.07) is 18.2. The highest BCUT2D eigenvalue weighted by Crippen LogP contribution is 2.47. The number of likely N-dealkylation sites (N-methyl/N-ethyl adjacent to an activating group) is 1. The average Bonchev–Trinajstić information content (AvgIpc) is 2.75. The van der Waals surface area contributed by atoms with E-state index >= 15 is 0 Å². The molecular formula is C24H33N3S. The molecule has 3 nitrogen and oxygen atoms in total. The summed E-state index contributed by atoms with van der Waals surface area (Å²) in [7, 11) is 0. The minimum Gasteiger partial charge on any atom is -0.338 e. The zero-order chi connectivity index (χ0) is 19.3. The summed E-state index contributed by atoms with van der Waals surface area (Å²) in [5.74, 6) is 0. The number of likely N-dealkylation sites (tertiary alicyclic amines) is 1. The molecule has 0 spiro atoms. The van der Waals surface area contributed by atoms with Gasteiger partial charge in [-0.25, -0.2) is 0 Å². The van der Waals surface area contributed by atoms with E-state index in [1.807, 2.05) is 11.8 Å². The molecule has 0 N–H and O–H groups in total. The van der Waals surface area contributed by atoms with E-state index < -0.39 is 0 Å². The van der Waals surface area contributed by atoms with Crippen molar-refractivity contribution < 1.29 is 0 Å². The molecule has 1 fully saturated rings. The Morgan fingerprint density at radius 2 is 1.54 bits per heavy atom. The molecule has 28 heavy (non-hydrogen) atoms. The van der Waals surface area contributed by atoms with Crippen LogP contribution in [0.2, 0.25) is 0 Å². The number of piperidine rings is 1. The van der Waals surface area contributed by atoms with E-state index in [-0.39, 0.29) is 0 Å². The van der Waals surface area contributed by atoms with Crippen molar-refractivity contribution in [1.82, 2.24) is 9.80 Å². The van der Waals surface area contributed by atoms with Crippen LogP contribution in [-0.4, -0.2) is 55.1 Å². The third-order valence-electron chi connectivity index (χ3n) is 6.16. The quantitative estimate of drug-likeness (QED) is 0.613. The van der Waals surface area contributed by atoms with Crippen LogP contribution in [0.25, 0.3) is 0 Å². The third-order valence-corrected chi connectivity index (χ3v) is 7.29. The molecule has 0 aliphatic carbocycles. The monoisotopic (exact) mass is 395 g/mol. The second-order valence-corrected chi connectivity index (χ2v) is 9.11. The molecule has 0 bridgehead atoms. The Kier molecular flexibility index (Phi) is 6.61. The number of hydrogen-bond donors (Lipinski definition) is 0. The molecule has 2 aromatic carbocycles. The molecule has 2 aromatic rings. The summed E-state index contributed by atoms with van der Waals surface area (Å²) in [5, 5.41) is 0. The predicted molar refractivity (Wildman–Crippen MR) is 121 cm³/mol. The normalized spacial score (nSPS) is 18.0. The summed E-state index contributed by atoms with van der Waals surface area (Å²) in [6.45, 7) is 11.8. The molecular weight excluding hydrogens is 362 g/mol. The van der Waals surface area contributed by atoms with Crippen LogP contribution in [0.15, 0.2) is 58.3 Å². The van der Waals surface area contributed by atoms with Crippen LogP contribution in [0.4, 0.5) is 11.4 Å². The number of benzene rings is 2. The number of fused-ring (bicyclic) bond motifs is 2. The van der Waals surface area contributed by atoms with E-state index in [2.05, 4.69) is 77.1 Å². The molecule has 4 heteroatoms. The highest BCUT2D eigenvalue weighted by molar-refractivity contribution is 7.99. The fourth-order valence-corrected chi connectivity index (χ4v) is 5.60. The minimum absolute atomic E-state index is 0.513. The Labute approximate surface area is 174 Å². The number of nitrogens with zero attached hydrogens (tertiary/aromatic N) is 3. The van der Waals surface area contributed by atoms with Gasteiger partial charge >= 0.3 is 0 Å². The zero-order valence-corrected chi connectivity index (χ0v) is 18.1. The van der Waals surface area contributed by atoms with Crippen LogP contribution in [0.1, 0.15) is 33.1 Å². The lowest BCUT2D eigenvalue weighted by Crippen LogP contribution is -2.45. The Balaban J connectivity index is 1.47. The molecule has 0 radical (unpaired) electrons. The van der Waals surface area contributed by atoms with Gasteiger partial charge < -0.3 is 9.80 Å². The van der Waals surface area contributed by atoms with Gasteiger partial charge in [0.25, 0.3) is 0 Å². The maximum Gasteiger partial charge on any atom is 0.0553 e. The first-order chi connectivity index (χ1) is 13.8. The van der Waals surface area contributed by atoms with Crippen molar-refractivity contribution in [3.8, 4) is 0 Å². The number of anilines is 2. The summed E-state index contributed by atoms with van der Waals surface area (Å²) < 4.78 is 0. The molecule has 0 amide bonds. The molecule has 150 valence electrons. The van der Waals surface area contributed by atoms with Crippen molar-refractivity contribution in [2.45, 2.75) is 48.9 Å². The third kappa shape index (κ3) is 4.40. The van der Waals surface area contributed by atoms with E-state index in [0.717, 1.165) is 13.1 Å². The van der Waals surface area contributed by atoms with Crippen molar-refractivity contribution in [2.75, 3.05) is 44.2 Å². The summed E-state index contributed by atoms with van der Waals surface area (Å²) in [5.41, 5.74) is 2.70. The zero-order valence-electron chi connectivity index (χ0n) is 17.3. The van der Waals surface area contributed by atoms with Gasteiger partial charge in [-0.15, -0.1) is 0 Å². The lowest BCUT2D eigenvalue weighted by atomic mass is 10.1. The molecule has 4 rings (SSSR count). The summed E-state index contributed by atoms with van der Waals surface area (Å²) in [4.78, 5) is 10.6. The summed E-state index contributed by atoms with van der Waals surface area (Å²) in [6.07, 6.45) is 4.16. The largest absolute Gasteiger partial charge is 0.338 e. The van der Waals surface area contributed by atoms with Crippen LogP contribution >= 0.6 is 11.8 Å². The number of para-hydroxylation sites is 2. The highest BCUT2D eigenvalue weighted by atomic mass is 32.2. The van der Waals surface area contributed by atoms with Crippen molar-refractivity contribution in [3.63, 3.8) is 0 Å². The molecule has 1 atom stereocenters. The Hall–Kier alpha value is -1.49. The summed E-state index contributed by atoms with van der Waals surface area (Å²) >= 11 is 1.89. The predicted octanol–water partition coefficient (Wildman–Crippen LogP) is 5.49. The maximum atomic E-state index is 2.65. The van der Waals surface area contributed by atoms with Crippen molar-refractivity contribution >= 4 is 23.1 Å². The second kappa shape index (κ2) is 9.34. The molecule has 2 aliphatic rings. The van der Waals surface area contributed by atoms with Crippen molar-refractivity contribution in [1.29, 1.82) is 0 Å². The minimum atomic E-state index is 0.513. The van der Waals surface area contributed by atoms with E-state index in [9.17, 15) is 0 Å². The van der Waals surface area contributed by atoms with Gasteiger partial charge in [0.05, 0.1) is 11.4 Å². The lowest BCUT2D eigenvalue weighted by Gasteiger charge is -2.38. The molecule has 1 unspecified atom stereocenters.